The molecule has 22 heavy (non-hydrogen) atoms. The summed E-state index contributed by atoms with van der Waals surface area (Å²) >= 11 is 5.27. The van der Waals surface area contributed by atoms with Crippen molar-refractivity contribution in [3.8, 4) is 0 Å². The van der Waals surface area contributed by atoms with Crippen molar-refractivity contribution >= 4 is 23.2 Å². The molecule has 112 valence electrons. The molecular weight excluding hydrogens is 296 g/mol. The zero-order chi connectivity index (χ0) is 15.6. The van der Waals surface area contributed by atoms with Gasteiger partial charge in [-0.05, 0) is 47.6 Å². The van der Waals surface area contributed by atoms with E-state index < -0.39 is 5.54 Å². The summed E-state index contributed by atoms with van der Waals surface area (Å²) in [6, 6.07) is 7.69. The van der Waals surface area contributed by atoms with E-state index in [-0.39, 0.29) is 5.91 Å². The Hall–Kier alpha value is -2.34. The molecule has 2 aromatic heterocycles. The molecule has 0 aromatic carbocycles. The molecular formula is C16H16N4OS. The van der Waals surface area contributed by atoms with Crippen LogP contribution >= 0.6 is 12.2 Å². The van der Waals surface area contributed by atoms with Crippen molar-refractivity contribution in [2.75, 3.05) is 7.05 Å². The Morgan fingerprint density at radius 2 is 1.50 bits per heavy atom. The lowest BCUT2D eigenvalue weighted by atomic mass is 9.85. The van der Waals surface area contributed by atoms with Gasteiger partial charge in [0.1, 0.15) is 5.54 Å². The summed E-state index contributed by atoms with van der Waals surface area (Å²) in [5.74, 6) is -0.00822. The van der Waals surface area contributed by atoms with Gasteiger partial charge in [-0.2, -0.15) is 0 Å². The Kier molecular flexibility index (Phi) is 3.85. The van der Waals surface area contributed by atoms with E-state index in [4.69, 9.17) is 12.2 Å². The Labute approximate surface area is 134 Å². The first kappa shape index (κ1) is 14.6. The molecule has 0 spiro atoms. The normalized spacial score (nSPS) is 16.7. The molecule has 0 radical (unpaired) electrons. The number of hydrogen-bond donors (Lipinski definition) is 1. The predicted molar refractivity (Wildman–Crippen MR) is 87.1 cm³/mol. The summed E-state index contributed by atoms with van der Waals surface area (Å²) in [6.45, 7) is 0. The van der Waals surface area contributed by atoms with Gasteiger partial charge in [-0.15, -0.1) is 0 Å². The number of amides is 1. The highest BCUT2D eigenvalue weighted by atomic mass is 32.1. The minimum Gasteiger partial charge on any atom is -0.347 e. The summed E-state index contributed by atoms with van der Waals surface area (Å²) < 4.78 is 0. The molecule has 0 unspecified atom stereocenters. The fourth-order valence-corrected chi connectivity index (χ4v) is 3.03. The van der Waals surface area contributed by atoms with Gasteiger partial charge >= 0.3 is 0 Å². The lowest BCUT2D eigenvalue weighted by Crippen LogP contribution is -2.50. The first-order valence-electron chi connectivity index (χ1n) is 6.99. The number of nitrogens with zero attached hydrogens (tertiary/aromatic N) is 3. The zero-order valence-corrected chi connectivity index (χ0v) is 13.0. The molecule has 3 rings (SSSR count). The fourth-order valence-electron chi connectivity index (χ4n) is 2.76. The number of aromatic nitrogens is 2. The maximum atomic E-state index is 12.8. The van der Waals surface area contributed by atoms with E-state index in [1.54, 1.807) is 31.8 Å². The highest BCUT2D eigenvalue weighted by Gasteiger charge is 2.47. The van der Waals surface area contributed by atoms with E-state index in [0.29, 0.717) is 18.0 Å². The summed E-state index contributed by atoms with van der Waals surface area (Å²) in [6.07, 6.45) is 8.05. The second kappa shape index (κ2) is 5.81. The Morgan fingerprint density at radius 1 is 1.05 bits per heavy atom. The number of likely N-dealkylation sites (N-methyl/N-ethyl adjacent to an activating group) is 1. The van der Waals surface area contributed by atoms with Crippen LogP contribution in [0.4, 0.5) is 0 Å². The number of rotatable bonds is 4. The Morgan fingerprint density at radius 3 is 1.86 bits per heavy atom. The third-order valence-corrected chi connectivity index (χ3v) is 4.25. The minimum absolute atomic E-state index is 0.00822. The van der Waals surface area contributed by atoms with Gasteiger partial charge < -0.3 is 5.32 Å². The van der Waals surface area contributed by atoms with Crippen molar-refractivity contribution in [3.63, 3.8) is 0 Å². The molecule has 1 aliphatic heterocycles. The molecule has 2 aromatic rings. The summed E-state index contributed by atoms with van der Waals surface area (Å²) in [5, 5.41) is 3.70. The molecule has 3 heterocycles. The summed E-state index contributed by atoms with van der Waals surface area (Å²) in [4.78, 5) is 22.4. The second-order valence-corrected chi connectivity index (χ2v) is 5.83. The van der Waals surface area contributed by atoms with Crippen LogP contribution in [0.25, 0.3) is 0 Å². The Bertz CT molecular complexity index is 648. The molecule has 0 bridgehead atoms. The fraction of sp³-hybridized carbons (Fsp3) is 0.250. The number of carbonyl (C=O) groups excluding carboxylic acids is 1. The zero-order valence-electron chi connectivity index (χ0n) is 12.2. The summed E-state index contributed by atoms with van der Waals surface area (Å²) in [7, 11) is 1.71. The molecule has 1 N–H and O–H groups in total. The first-order valence-corrected chi connectivity index (χ1v) is 7.40. The third kappa shape index (κ3) is 2.69. The van der Waals surface area contributed by atoms with E-state index in [0.717, 1.165) is 11.1 Å². The van der Waals surface area contributed by atoms with E-state index in [9.17, 15) is 4.79 Å². The largest absolute Gasteiger partial charge is 0.347 e. The molecule has 1 fully saturated rings. The molecule has 1 saturated heterocycles. The van der Waals surface area contributed by atoms with Gasteiger partial charge in [0.05, 0.1) is 0 Å². The standard InChI is InChI=1S/C16H16N4OS/c1-20-14(21)16(19-15(20)22,10-12-2-6-17-7-3-12)11-13-4-8-18-9-5-13/h2-9H,10-11H2,1H3,(H,19,22). The van der Waals surface area contributed by atoms with Gasteiger partial charge in [0.25, 0.3) is 5.91 Å². The van der Waals surface area contributed by atoms with Crippen molar-refractivity contribution in [2.45, 2.75) is 18.4 Å². The lowest BCUT2D eigenvalue weighted by Gasteiger charge is -2.27. The smallest absolute Gasteiger partial charge is 0.254 e. The van der Waals surface area contributed by atoms with Crippen LogP contribution in [0, 0.1) is 0 Å². The third-order valence-electron chi connectivity index (χ3n) is 3.88. The molecule has 5 nitrogen and oxygen atoms in total. The van der Waals surface area contributed by atoms with Crippen molar-refractivity contribution in [1.29, 1.82) is 0 Å². The molecule has 1 aliphatic rings. The SMILES string of the molecule is CN1C(=O)C(Cc2ccncc2)(Cc2ccncc2)NC1=S. The average Bonchev–Trinajstić information content (AvgIpc) is 2.73. The quantitative estimate of drug-likeness (QED) is 0.864. The van der Waals surface area contributed by atoms with E-state index >= 15 is 0 Å². The molecule has 0 atom stereocenters. The van der Waals surface area contributed by atoms with Crippen LogP contribution in [0.5, 0.6) is 0 Å². The van der Waals surface area contributed by atoms with Gasteiger partial charge in [-0.3, -0.25) is 19.7 Å². The van der Waals surface area contributed by atoms with Crippen LogP contribution in [0.2, 0.25) is 0 Å². The van der Waals surface area contributed by atoms with Crippen LogP contribution in [0.1, 0.15) is 11.1 Å². The van der Waals surface area contributed by atoms with Gasteiger partial charge in [0.15, 0.2) is 5.11 Å². The topological polar surface area (TPSA) is 58.1 Å². The van der Waals surface area contributed by atoms with Crippen molar-refractivity contribution in [3.05, 3.63) is 60.2 Å². The highest BCUT2D eigenvalue weighted by Crippen LogP contribution is 2.26. The van der Waals surface area contributed by atoms with Crippen LogP contribution in [0.3, 0.4) is 0 Å². The number of hydrogen-bond acceptors (Lipinski definition) is 4. The maximum absolute atomic E-state index is 12.8. The summed E-state index contributed by atoms with van der Waals surface area (Å²) in [5.41, 5.74) is 1.33. The number of carbonyl (C=O) groups is 1. The highest BCUT2D eigenvalue weighted by molar-refractivity contribution is 7.80. The second-order valence-electron chi connectivity index (χ2n) is 5.44. The van der Waals surface area contributed by atoms with E-state index in [1.807, 2.05) is 24.3 Å². The van der Waals surface area contributed by atoms with Gasteiger partial charge in [0, 0.05) is 44.7 Å². The van der Waals surface area contributed by atoms with Crippen LogP contribution < -0.4 is 5.32 Å². The first-order chi connectivity index (χ1) is 10.6. The molecule has 6 heteroatoms. The van der Waals surface area contributed by atoms with Gasteiger partial charge in [0.2, 0.25) is 0 Å². The van der Waals surface area contributed by atoms with Crippen LogP contribution in [-0.2, 0) is 17.6 Å². The van der Waals surface area contributed by atoms with Gasteiger partial charge in [-0.1, -0.05) is 0 Å². The van der Waals surface area contributed by atoms with Crippen LogP contribution in [-0.4, -0.2) is 38.5 Å². The van der Waals surface area contributed by atoms with Crippen molar-refractivity contribution in [1.82, 2.24) is 20.2 Å². The Balaban J connectivity index is 1.96. The average molecular weight is 312 g/mol. The van der Waals surface area contributed by atoms with Crippen molar-refractivity contribution in [2.24, 2.45) is 0 Å². The van der Waals surface area contributed by atoms with Gasteiger partial charge in [-0.25, -0.2) is 0 Å². The van der Waals surface area contributed by atoms with Crippen LogP contribution in [0.15, 0.2) is 49.1 Å². The predicted octanol–water partition coefficient (Wildman–Crippen LogP) is 1.35. The molecule has 0 saturated carbocycles. The molecule has 1 amide bonds. The maximum Gasteiger partial charge on any atom is 0.254 e. The number of pyridine rings is 2. The minimum atomic E-state index is -0.755. The van der Waals surface area contributed by atoms with E-state index in [1.165, 1.54) is 4.90 Å². The van der Waals surface area contributed by atoms with E-state index in [2.05, 4.69) is 15.3 Å². The lowest BCUT2D eigenvalue weighted by molar-refractivity contribution is -0.130. The van der Waals surface area contributed by atoms with Crippen molar-refractivity contribution < 1.29 is 4.79 Å². The number of nitrogens with one attached hydrogen (secondary N) is 1. The number of thiocarbonyl (C=S) groups is 1. The molecule has 0 aliphatic carbocycles. The monoisotopic (exact) mass is 312 g/mol.